The first-order valence-corrected chi connectivity index (χ1v) is 6.02. The van der Waals surface area contributed by atoms with Crippen molar-refractivity contribution in [3.05, 3.63) is 12.4 Å². The Kier molecular flexibility index (Phi) is 3.78. The van der Waals surface area contributed by atoms with Crippen molar-refractivity contribution < 1.29 is 4.74 Å². The van der Waals surface area contributed by atoms with E-state index in [1.807, 2.05) is 0 Å². The molecule has 1 aliphatic heterocycles. The summed E-state index contributed by atoms with van der Waals surface area (Å²) in [6, 6.07) is 0. The Hall–Kier alpha value is -1.36. The van der Waals surface area contributed by atoms with Crippen LogP contribution in [0, 0.1) is 5.41 Å². The maximum Gasteiger partial charge on any atom is 0.222 e. The van der Waals surface area contributed by atoms with Gasteiger partial charge in [0.05, 0.1) is 19.5 Å². The molecule has 0 atom stereocenters. The van der Waals surface area contributed by atoms with Gasteiger partial charge in [-0.2, -0.15) is 0 Å². The number of hydrogen-bond donors (Lipinski definition) is 2. The molecule has 1 aromatic rings. The smallest absolute Gasteiger partial charge is 0.222 e. The standard InChI is InChI=1S/C12H20N4O/c1-12(3-5-13-6-4-12)9-16-11-14-7-10(17-2)8-15-11/h7-8,13H,3-6,9H2,1-2H3,(H,14,15,16). The van der Waals surface area contributed by atoms with Gasteiger partial charge in [-0.05, 0) is 31.3 Å². The van der Waals surface area contributed by atoms with Gasteiger partial charge in [-0.1, -0.05) is 6.92 Å². The molecule has 5 heteroatoms. The predicted molar refractivity (Wildman–Crippen MR) is 67.3 cm³/mol. The average molecular weight is 236 g/mol. The van der Waals surface area contributed by atoms with E-state index in [0.29, 0.717) is 17.1 Å². The fraction of sp³-hybridized carbons (Fsp3) is 0.667. The monoisotopic (exact) mass is 236 g/mol. The van der Waals surface area contributed by atoms with E-state index >= 15 is 0 Å². The van der Waals surface area contributed by atoms with Gasteiger partial charge in [-0.15, -0.1) is 0 Å². The summed E-state index contributed by atoms with van der Waals surface area (Å²) in [5, 5.41) is 6.68. The number of anilines is 1. The highest BCUT2D eigenvalue weighted by Crippen LogP contribution is 2.27. The number of rotatable bonds is 4. The molecule has 0 spiro atoms. The van der Waals surface area contributed by atoms with E-state index in [1.165, 1.54) is 12.8 Å². The van der Waals surface area contributed by atoms with E-state index in [0.717, 1.165) is 19.6 Å². The van der Waals surface area contributed by atoms with E-state index in [-0.39, 0.29) is 0 Å². The minimum atomic E-state index is 0.342. The molecule has 2 heterocycles. The van der Waals surface area contributed by atoms with Crippen LogP contribution in [0.4, 0.5) is 5.95 Å². The second-order valence-corrected chi connectivity index (χ2v) is 4.86. The summed E-state index contributed by atoms with van der Waals surface area (Å²) in [5.74, 6) is 1.36. The van der Waals surface area contributed by atoms with Crippen LogP contribution in [-0.4, -0.2) is 36.7 Å². The molecular weight excluding hydrogens is 216 g/mol. The van der Waals surface area contributed by atoms with Crippen LogP contribution in [0.5, 0.6) is 5.75 Å². The maximum atomic E-state index is 5.02. The van der Waals surface area contributed by atoms with Gasteiger partial charge in [0.2, 0.25) is 5.95 Å². The fourth-order valence-corrected chi connectivity index (χ4v) is 2.01. The summed E-state index contributed by atoms with van der Waals surface area (Å²) in [6.07, 6.45) is 5.74. The molecule has 2 rings (SSSR count). The summed E-state index contributed by atoms with van der Waals surface area (Å²) in [4.78, 5) is 8.40. The number of aromatic nitrogens is 2. The Bertz CT molecular complexity index is 346. The summed E-state index contributed by atoms with van der Waals surface area (Å²) in [5.41, 5.74) is 0.342. The van der Waals surface area contributed by atoms with E-state index in [4.69, 9.17) is 4.74 Å². The fourth-order valence-electron chi connectivity index (χ4n) is 2.01. The van der Waals surface area contributed by atoms with Crippen molar-refractivity contribution in [1.82, 2.24) is 15.3 Å². The second kappa shape index (κ2) is 5.31. The molecule has 1 aliphatic rings. The molecular formula is C12H20N4O. The van der Waals surface area contributed by atoms with E-state index in [2.05, 4.69) is 27.5 Å². The lowest BCUT2D eigenvalue weighted by Gasteiger charge is -2.34. The molecule has 0 aliphatic carbocycles. The van der Waals surface area contributed by atoms with Gasteiger partial charge in [-0.25, -0.2) is 9.97 Å². The molecule has 0 unspecified atom stereocenters. The summed E-state index contributed by atoms with van der Waals surface area (Å²) in [6.45, 7) is 5.43. The molecule has 0 bridgehead atoms. The number of ether oxygens (including phenoxy) is 1. The molecule has 0 amide bonds. The number of hydrogen-bond acceptors (Lipinski definition) is 5. The number of piperidine rings is 1. The largest absolute Gasteiger partial charge is 0.494 e. The van der Waals surface area contributed by atoms with Crippen LogP contribution in [0.1, 0.15) is 19.8 Å². The van der Waals surface area contributed by atoms with Gasteiger partial charge in [-0.3, -0.25) is 0 Å². The first-order chi connectivity index (χ1) is 8.22. The third-order valence-corrected chi connectivity index (χ3v) is 3.35. The lowest BCUT2D eigenvalue weighted by atomic mass is 9.81. The van der Waals surface area contributed by atoms with Crippen molar-refractivity contribution in [2.75, 3.05) is 32.1 Å². The first kappa shape index (κ1) is 12.1. The Morgan fingerprint density at radius 1 is 1.35 bits per heavy atom. The number of methoxy groups -OCH3 is 1. The summed E-state index contributed by atoms with van der Waals surface area (Å²) >= 11 is 0. The minimum Gasteiger partial charge on any atom is -0.494 e. The molecule has 5 nitrogen and oxygen atoms in total. The van der Waals surface area contributed by atoms with E-state index in [1.54, 1.807) is 19.5 Å². The Labute approximate surface area is 102 Å². The molecule has 0 radical (unpaired) electrons. The van der Waals surface area contributed by atoms with Gasteiger partial charge in [0.25, 0.3) is 0 Å². The zero-order chi connectivity index (χ0) is 12.1. The zero-order valence-electron chi connectivity index (χ0n) is 10.5. The van der Waals surface area contributed by atoms with Crippen molar-refractivity contribution in [2.45, 2.75) is 19.8 Å². The van der Waals surface area contributed by atoms with Crippen LogP contribution in [-0.2, 0) is 0 Å². The second-order valence-electron chi connectivity index (χ2n) is 4.86. The zero-order valence-corrected chi connectivity index (χ0v) is 10.5. The molecule has 2 N–H and O–H groups in total. The van der Waals surface area contributed by atoms with Crippen LogP contribution in [0.3, 0.4) is 0 Å². The predicted octanol–water partition coefficient (Wildman–Crippen LogP) is 1.29. The molecule has 17 heavy (non-hydrogen) atoms. The van der Waals surface area contributed by atoms with Crippen molar-refractivity contribution in [3.8, 4) is 5.75 Å². The Balaban J connectivity index is 1.87. The molecule has 0 aromatic carbocycles. The highest BCUT2D eigenvalue weighted by Gasteiger charge is 2.26. The van der Waals surface area contributed by atoms with Crippen LogP contribution in [0.2, 0.25) is 0 Å². The third kappa shape index (κ3) is 3.30. The van der Waals surface area contributed by atoms with Gasteiger partial charge >= 0.3 is 0 Å². The van der Waals surface area contributed by atoms with Crippen molar-refractivity contribution in [3.63, 3.8) is 0 Å². The van der Waals surface area contributed by atoms with Gasteiger partial charge in [0, 0.05) is 6.54 Å². The molecule has 94 valence electrons. The van der Waals surface area contributed by atoms with E-state index in [9.17, 15) is 0 Å². The highest BCUT2D eigenvalue weighted by molar-refractivity contribution is 5.27. The molecule has 1 fully saturated rings. The van der Waals surface area contributed by atoms with Gasteiger partial charge in [0.1, 0.15) is 0 Å². The lowest BCUT2D eigenvalue weighted by molar-refractivity contribution is 0.247. The SMILES string of the molecule is COc1cnc(NCC2(C)CCNCC2)nc1. The molecule has 1 aromatic heterocycles. The summed E-state index contributed by atoms with van der Waals surface area (Å²) in [7, 11) is 1.61. The Morgan fingerprint density at radius 3 is 2.59 bits per heavy atom. The third-order valence-electron chi connectivity index (χ3n) is 3.35. The lowest BCUT2D eigenvalue weighted by Crippen LogP contribution is -2.39. The topological polar surface area (TPSA) is 59.1 Å². The Morgan fingerprint density at radius 2 is 2.00 bits per heavy atom. The molecule has 1 saturated heterocycles. The van der Waals surface area contributed by atoms with Gasteiger partial charge < -0.3 is 15.4 Å². The van der Waals surface area contributed by atoms with Crippen molar-refractivity contribution >= 4 is 5.95 Å². The van der Waals surface area contributed by atoms with E-state index < -0.39 is 0 Å². The van der Waals surface area contributed by atoms with Gasteiger partial charge in [0.15, 0.2) is 5.75 Å². The van der Waals surface area contributed by atoms with Crippen LogP contribution >= 0.6 is 0 Å². The summed E-state index contributed by atoms with van der Waals surface area (Å²) < 4.78 is 5.02. The minimum absolute atomic E-state index is 0.342. The van der Waals surface area contributed by atoms with Crippen LogP contribution in [0.25, 0.3) is 0 Å². The van der Waals surface area contributed by atoms with Crippen LogP contribution < -0.4 is 15.4 Å². The maximum absolute atomic E-state index is 5.02. The van der Waals surface area contributed by atoms with Crippen molar-refractivity contribution in [2.24, 2.45) is 5.41 Å². The average Bonchev–Trinajstić information content (AvgIpc) is 2.38. The highest BCUT2D eigenvalue weighted by atomic mass is 16.5. The normalized spacial score (nSPS) is 18.7. The number of nitrogens with zero attached hydrogens (tertiary/aromatic N) is 2. The quantitative estimate of drug-likeness (QED) is 0.825. The first-order valence-electron chi connectivity index (χ1n) is 6.02. The van der Waals surface area contributed by atoms with Crippen LogP contribution in [0.15, 0.2) is 12.4 Å². The molecule has 0 saturated carbocycles. The number of nitrogens with one attached hydrogen (secondary N) is 2. The van der Waals surface area contributed by atoms with Crippen molar-refractivity contribution in [1.29, 1.82) is 0 Å².